The molecular formula is C16H13F2N3S. The van der Waals surface area contributed by atoms with Gasteiger partial charge in [0.15, 0.2) is 0 Å². The molecule has 0 aliphatic carbocycles. The van der Waals surface area contributed by atoms with Crippen LogP contribution in [0.3, 0.4) is 0 Å². The number of para-hydroxylation sites is 1. The van der Waals surface area contributed by atoms with E-state index in [1.807, 2.05) is 31.2 Å². The molecule has 6 heteroatoms. The summed E-state index contributed by atoms with van der Waals surface area (Å²) < 4.78 is 24.5. The molecule has 3 aromatic rings. The van der Waals surface area contributed by atoms with Crippen LogP contribution in [-0.4, -0.2) is 10.7 Å². The van der Waals surface area contributed by atoms with Crippen LogP contribution in [0, 0.1) is 6.92 Å². The average molecular weight is 317 g/mol. The maximum absolute atomic E-state index is 12.3. The summed E-state index contributed by atoms with van der Waals surface area (Å²) in [4.78, 5) is 3.76. The molecule has 0 unspecified atom stereocenters. The molecule has 0 atom stereocenters. The van der Waals surface area contributed by atoms with Crippen molar-refractivity contribution in [2.45, 2.75) is 17.6 Å². The third kappa shape index (κ3) is 3.17. The van der Waals surface area contributed by atoms with Crippen molar-refractivity contribution in [3.8, 4) is 0 Å². The zero-order valence-corrected chi connectivity index (χ0v) is 12.6. The van der Waals surface area contributed by atoms with Crippen LogP contribution in [0.4, 0.5) is 20.2 Å². The van der Waals surface area contributed by atoms with Crippen molar-refractivity contribution >= 4 is 34.0 Å². The molecule has 0 bridgehead atoms. The molecule has 0 fully saturated rings. The van der Waals surface area contributed by atoms with Gasteiger partial charge in [-0.15, -0.1) is 5.11 Å². The number of alkyl halides is 2. The quantitative estimate of drug-likeness (QED) is 0.451. The number of hydrogen-bond acceptors (Lipinski definition) is 3. The fraction of sp³-hybridized carbons (Fsp3) is 0.125. The van der Waals surface area contributed by atoms with E-state index in [1.54, 1.807) is 24.3 Å². The lowest BCUT2D eigenvalue weighted by Crippen LogP contribution is -1.80. The molecule has 0 aliphatic heterocycles. The molecule has 0 aliphatic rings. The number of rotatable bonds is 4. The normalized spacial score (nSPS) is 11.8. The van der Waals surface area contributed by atoms with Crippen molar-refractivity contribution in [2.75, 3.05) is 0 Å². The molecule has 2 aromatic carbocycles. The van der Waals surface area contributed by atoms with Crippen molar-refractivity contribution in [1.82, 2.24) is 4.98 Å². The molecule has 1 heterocycles. The van der Waals surface area contributed by atoms with Gasteiger partial charge in [0.05, 0.1) is 5.69 Å². The lowest BCUT2D eigenvalue weighted by molar-refractivity contribution is 0.252. The zero-order chi connectivity index (χ0) is 15.5. The first-order valence-electron chi connectivity index (χ1n) is 6.67. The summed E-state index contributed by atoms with van der Waals surface area (Å²) in [5.74, 6) is -2.42. The molecule has 0 saturated heterocycles. The number of fused-ring (bicyclic) bond motifs is 1. The topological polar surface area (TPSA) is 40.5 Å². The lowest BCUT2D eigenvalue weighted by Gasteiger charge is -1.99. The summed E-state index contributed by atoms with van der Waals surface area (Å²) in [5.41, 5.74) is 3.37. The summed E-state index contributed by atoms with van der Waals surface area (Å²) in [5, 5.41) is 9.49. The van der Waals surface area contributed by atoms with E-state index < -0.39 is 5.76 Å². The maximum Gasteiger partial charge on any atom is 0.288 e. The van der Waals surface area contributed by atoms with E-state index in [1.165, 1.54) is 0 Å². The minimum absolute atomic E-state index is 0.511. The number of nitrogens with zero attached hydrogens (tertiary/aromatic N) is 2. The predicted octanol–water partition coefficient (Wildman–Crippen LogP) is 6.21. The fourth-order valence-corrected chi connectivity index (χ4v) is 2.69. The van der Waals surface area contributed by atoms with E-state index in [0.717, 1.165) is 22.3 Å². The van der Waals surface area contributed by atoms with Gasteiger partial charge in [-0.25, -0.2) is 0 Å². The van der Waals surface area contributed by atoms with Crippen molar-refractivity contribution in [2.24, 2.45) is 10.2 Å². The van der Waals surface area contributed by atoms with E-state index in [0.29, 0.717) is 22.3 Å². The molecule has 0 saturated carbocycles. The SMILES string of the molecule is Cc1[nH]c2ccccc2c1N=Nc1ccc(SC(F)F)cc1. The van der Waals surface area contributed by atoms with E-state index in [-0.39, 0.29) is 0 Å². The number of azo groups is 1. The minimum Gasteiger partial charge on any atom is -0.357 e. The number of aromatic amines is 1. The number of thioether (sulfide) groups is 1. The van der Waals surface area contributed by atoms with Crippen molar-refractivity contribution in [3.05, 3.63) is 54.2 Å². The Labute approximate surface area is 130 Å². The van der Waals surface area contributed by atoms with Gasteiger partial charge in [0.2, 0.25) is 0 Å². The first-order chi connectivity index (χ1) is 10.6. The molecule has 0 radical (unpaired) electrons. The van der Waals surface area contributed by atoms with Crippen LogP contribution in [0.1, 0.15) is 5.69 Å². The number of hydrogen-bond donors (Lipinski definition) is 1. The van der Waals surface area contributed by atoms with E-state index in [9.17, 15) is 8.78 Å². The van der Waals surface area contributed by atoms with Crippen LogP contribution in [-0.2, 0) is 0 Å². The minimum atomic E-state index is -2.42. The Morgan fingerprint density at radius 2 is 1.73 bits per heavy atom. The van der Waals surface area contributed by atoms with Crippen LogP contribution in [0.15, 0.2) is 63.7 Å². The van der Waals surface area contributed by atoms with Gasteiger partial charge in [-0.2, -0.15) is 13.9 Å². The first-order valence-corrected chi connectivity index (χ1v) is 7.55. The molecule has 1 N–H and O–H groups in total. The summed E-state index contributed by atoms with van der Waals surface area (Å²) >= 11 is 0.517. The second kappa shape index (κ2) is 6.27. The van der Waals surface area contributed by atoms with Gasteiger partial charge in [0.25, 0.3) is 5.76 Å². The number of nitrogens with one attached hydrogen (secondary N) is 1. The Morgan fingerprint density at radius 3 is 2.45 bits per heavy atom. The van der Waals surface area contributed by atoms with Gasteiger partial charge < -0.3 is 4.98 Å². The number of aryl methyl sites for hydroxylation is 1. The summed E-state index contributed by atoms with van der Waals surface area (Å²) in [7, 11) is 0. The van der Waals surface area contributed by atoms with E-state index in [4.69, 9.17) is 0 Å². The molecular weight excluding hydrogens is 304 g/mol. The predicted molar refractivity (Wildman–Crippen MR) is 85.5 cm³/mol. The molecule has 22 heavy (non-hydrogen) atoms. The molecule has 0 amide bonds. The second-order valence-electron chi connectivity index (χ2n) is 4.72. The highest BCUT2D eigenvalue weighted by Gasteiger charge is 2.07. The average Bonchev–Trinajstić information content (AvgIpc) is 2.81. The second-order valence-corrected chi connectivity index (χ2v) is 5.78. The van der Waals surface area contributed by atoms with E-state index >= 15 is 0 Å². The number of halogens is 2. The smallest absolute Gasteiger partial charge is 0.288 e. The van der Waals surface area contributed by atoms with Crippen LogP contribution in [0.2, 0.25) is 0 Å². The van der Waals surface area contributed by atoms with Gasteiger partial charge in [-0.05, 0) is 37.3 Å². The summed E-state index contributed by atoms with van der Waals surface area (Å²) in [6.45, 7) is 1.94. The monoisotopic (exact) mass is 317 g/mol. The van der Waals surface area contributed by atoms with E-state index in [2.05, 4.69) is 15.2 Å². The Bertz CT molecular complexity index is 810. The molecule has 0 spiro atoms. The van der Waals surface area contributed by atoms with Crippen molar-refractivity contribution in [1.29, 1.82) is 0 Å². The lowest BCUT2D eigenvalue weighted by atomic mass is 10.2. The van der Waals surface area contributed by atoms with Crippen molar-refractivity contribution in [3.63, 3.8) is 0 Å². The highest BCUT2D eigenvalue weighted by Crippen LogP contribution is 2.32. The highest BCUT2D eigenvalue weighted by atomic mass is 32.2. The van der Waals surface area contributed by atoms with Gasteiger partial charge >= 0.3 is 0 Å². The molecule has 3 nitrogen and oxygen atoms in total. The number of H-pyrrole nitrogens is 1. The van der Waals surface area contributed by atoms with Gasteiger partial charge in [0, 0.05) is 21.5 Å². The van der Waals surface area contributed by atoms with Gasteiger partial charge in [-0.3, -0.25) is 0 Å². The Hall–Kier alpha value is -2.21. The third-order valence-electron chi connectivity index (χ3n) is 3.19. The zero-order valence-electron chi connectivity index (χ0n) is 11.8. The Kier molecular flexibility index (Phi) is 4.20. The van der Waals surface area contributed by atoms with Crippen LogP contribution >= 0.6 is 11.8 Å². The van der Waals surface area contributed by atoms with Gasteiger partial charge in [-0.1, -0.05) is 30.0 Å². The largest absolute Gasteiger partial charge is 0.357 e. The van der Waals surface area contributed by atoms with Gasteiger partial charge in [0.1, 0.15) is 5.69 Å². The summed E-state index contributed by atoms with van der Waals surface area (Å²) in [6, 6.07) is 14.5. The number of benzene rings is 2. The fourth-order valence-electron chi connectivity index (χ4n) is 2.19. The Balaban J connectivity index is 1.85. The van der Waals surface area contributed by atoms with Crippen molar-refractivity contribution < 1.29 is 8.78 Å². The molecule has 3 rings (SSSR count). The Morgan fingerprint density at radius 1 is 1.00 bits per heavy atom. The standard InChI is InChI=1S/C16H13F2N3S/c1-10-15(13-4-2-3-5-14(13)19-10)21-20-11-6-8-12(9-7-11)22-16(17)18/h2-9,16,19H,1H3. The molecule has 1 aromatic heterocycles. The summed E-state index contributed by atoms with van der Waals surface area (Å²) in [6.07, 6.45) is 0. The van der Waals surface area contributed by atoms with Crippen LogP contribution in [0.5, 0.6) is 0 Å². The molecule has 112 valence electrons. The van der Waals surface area contributed by atoms with Crippen LogP contribution < -0.4 is 0 Å². The highest BCUT2D eigenvalue weighted by molar-refractivity contribution is 7.99. The van der Waals surface area contributed by atoms with Crippen LogP contribution in [0.25, 0.3) is 10.9 Å². The first kappa shape index (κ1) is 14.7. The maximum atomic E-state index is 12.3. The number of aromatic nitrogens is 1. The third-order valence-corrected chi connectivity index (χ3v) is 3.91.